The molecule has 5 heteroatoms. The van der Waals surface area contributed by atoms with Crippen LogP contribution in [0, 0.1) is 0 Å². The molecule has 0 fully saturated rings. The van der Waals surface area contributed by atoms with Gasteiger partial charge in [0.15, 0.2) is 0 Å². The Balaban J connectivity index is 2.20. The molecular weight excluding hydrogens is 384 g/mol. The number of carbonyl (C=O) groups is 1. The van der Waals surface area contributed by atoms with E-state index in [-0.39, 0.29) is 5.91 Å². The lowest BCUT2D eigenvalue weighted by Gasteiger charge is -2.21. The van der Waals surface area contributed by atoms with E-state index in [2.05, 4.69) is 36.8 Å². The topological polar surface area (TPSA) is 33.2 Å². The van der Waals surface area contributed by atoms with Crippen molar-refractivity contribution in [3.8, 4) is 0 Å². The van der Waals surface area contributed by atoms with Gasteiger partial charge in [0.2, 0.25) is 0 Å². The zero-order valence-corrected chi connectivity index (χ0v) is 14.2. The highest BCUT2D eigenvalue weighted by Gasteiger charge is 2.15. The zero-order chi connectivity index (χ0) is 14.5. The van der Waals surface area contributed by atoms with Gasteiger partial charge in [-0.25, -0.2) is 0 Å². The number of amides is 1. The molecule has 0 aliphatic heterocycles. The van der Waals surface area contributed by atoms with Gasteiger partial charge in [-0.3, -0.25) is 9.78 Å². The summed E-state index contributed by atoms with van der Waals surface area (Å²) in [7, 11) is 0. The Morgan fingerprint density at radius 1 is 1.15 bits per heavy atom. The van der Waals surface area contributed by atoms with E-state index in [9.17, 15) is 4.79 Å². The van der Waals surface area contributed by atoms with Gasteiger partial charge in [-0.2, -0.15) is 0 Å². The van der Waals surface area contributed by atoms with Crippen LogP contribution in [0.15, 0.2) is 51.7 Å². The average molecular weight is 398 g/mol. The smallest absolute Gasteiger partial charge is 0.254 e. The molecule has 104 valence electrons. The van der Waals surface area contributed by atoms with Gasteiger partial charge in [0.25, 0.3) is 5.91 Å². The molecule has 1 aromatic carbocycles. The van der Waals surface area contributed by atoms with Crippen molar-refractivity contribution in [1.29, 1.82) is 0 Å². The summed E-state index contributed by atoms with van der Waals surface area (Å²) < 4.78 is 1.77. The Hall–Kier alpha value is -1.20. The van der Waals surface area contributed by atoms with E-state index in [1.165, 1.54) is 0 Å². The van der Waals surface area contributed by atoms with Gasteiger partial charge in [0.1, 0.15) is 0 Å². The maximum Gasteiger partial charge on any atom is 0.254 e. The number of halogens is 2. The first-order valence-electron chi connectivity index (χ1n) is 6.24. The van der Waals surface area contributed by atoms with Crippen molar-refractivity contribution in [3.63, 3.8) is 0 Å². The van der Waals surface area contributed by atoms with E-state index < -0.39 is 0 Å². The van der Waals surface area contributed by atoms with Gasteiger partial charge >= 0.3 is 0 Å². The molecule has 0 N–H and O–H groups in total. The van der Waals surface area contributed by atoms with Gasteiger partial charge in [0.05, 0.1) is 0 Å². The highest BCUT2D eigenvalue weighted by molar-refractivity contribution is 9.11. The van der Waals surface area contributed by atoms with E-state index in [0.29, 0.717) is 18.7 Å². The van der Waals surface area contributed by atoms with Crippen molar-refractivity contribution in [3.05, 3.63) is 62.8 Å². The number of aromatic nitrogens is 1. The number of pyridine rings is 1. The van der Waals surface area contributed by atoms with Gasteiger partial charge in [-0.1, -0.05) is 31.9 Å². The lowest BCUT2D eigenvalue weighted by atomic mass is 10.2. The van der Waals surface area contributed by atoms with Crippen LogP contribution in [0.2, 0.25) is 0 Å². The number of nitrogens with zero attached hydrogens (tertiary/aromatic N) is 2. The minimum Gasteiger partial charge on any atom is -0.335 e. The lowest BCUT2D eigenvalue weighted by Crippen LogP contribution is -2.30. The second kappa shape index (κ2) is 6.99. The second-order valence-electron chi connectivity index (χ2n) is 4.33. The minimum absolute atomic E-state index is 0.0197. The molecule has 0 unspecified atom stereocenters. The average Bonchev–Trinajstić information content (AvgIpc) is 2.44. The standard InChI is InChI=1S/C15H14Br2N2O/c1-2-19(10-11-3-5-18-6-4-11)15(20)12-7-13(16)9-14(17)8-12/h3-9H,2,10H2,1H3. The summed E-state index contributed by atoms with van der Waals surface area (Å²) in [5.74, 6) is 0.0197. The minimum atomic E-state index is 0.0197. The summed E-state index contributed by atoms with van der Waals surface area (Å²) in [6, 6.07) is 9.43. The molecule has 0 saturated heterocycles. The molecule has 0 saturated carbocycles. The highest BCUT2D eigenvalue weighted by Crippen LogP contribution is 2.21. The Bertz CT molecular complexity index is 582. The van der Waals surface area contributed by atoms with Crippen LogP contribution < -0.4 is 0 Å². The number of benzene rings is 1. The first-order chi connectivity index (χ1) is 9.60. The Labute approximate surface area is 135 Å². The van der Waals surface area contributed by atoms with Crippen molar-refractivity contribution in [2.24, 2.45) is 0 Å². The van der Waals surface area contributed by atoms with E-state index in [1.54, 1.807) is 12.4 Å². The number of carbonyl (C=O) groups excluding carboxylic acids is 1. The third-order valence-electron chi connectivity index (χ3n) is 2.90. The molecule has 1 aromatic heterocycles. The zero-order valence-electron chi connectivity index (χ0n) is 11.0. The fourth-order valence-electron chi connectivity index (χ4n) is 1.90. The summed E-state index contributed by atoms with van der Waals surface area (Å²) in [5.41, 5.74) is 1.74. The summed E-state index contributed by atoms with van der Waals surface area (Å²) in [5, 5.41) is 0. The normalized spacial score (nSPS) is 10.3. The molecule has 20 heavy (non-hydrogen) atoms. The second-order valence-corrected chi connectivity index (χ2v) is 6.16. The Kier molecular flexibility index (Phi) is 5.31. The van der Waals surface area contributed by atoms with Gasteiger partial charge in [-0.05, 0) is 42.8 Å². The molecule has 0 atom stereocenters. The van der Waals surface area contributed by atoms with Crippen LogP contribution in [-0.2, 0) is 6.54 Å². The first kappa shape index (κ1) is 15.2. The predicted molar refractivity (Wildman–Crippen MR) is 86.5 cm³/mol. The lowest BCUT2D eigenvalue weighted by molar-refractivity contribution is 0.0752. The maximum absolute atomic E-state index is 12.6. The molecule has 2 aromatic rings. The monoisotopic (exact) mass is 396 g/mol. The van der Waals surface area contributed by atoms with Crippen LogP contribution in [0.4, 0.5) is 0 Å². The Morgan fingerprint density at radius 2 is 1.75 bits per heavy atom. The van der Waals surface area contributed by atoms with Crippen LogP contribution in [-0.4, -0.2) is 22.3 Å². The third-order valence-corrected chi connectivity index (χ3v) is 3.82. The summed E-state index contributed by atoms with van der Waals surface area (Å²) in [6.07, 6.45) is 3.48. The molecule has 0 spiro atoms. The summed E-state index contributed by atoms with van der Waals surface area (Å²) >= 11 is 6.82. The molecule has 1 heterocycles. The van der Waals surface area contributed by atoms with Crippen LogP contribution in [0.5, 0.6) is 0 Å². The summed E-state index contributed by atoms with van der Waals surface area (Å²) in [4.78, 5) is 18.4. The third kappa shape index (κ3) is 3.90. The van der Waals surface area contributed by atoms with Crippen LogP contribution in [0.3, 0.4) is 0 Å². The quantitative estimate of drug-likeness (QED) is 0.771. The SMILES string of the molecule is CCN(Cc1ccncc1)C(=O)c1cc(Br)cc(Br)c1. The van der Waals surface area contributed by atoms with Crippen molar-refractivity contribution >= 4 is 37.8 Å². The van der Waals surface area contributed by atoms with Crippen molar-refractivity contribution in [2.45, 2.75) is 13.5 Å². The largest absolute Gasteiger partial charge is 0.335 e. The number of hydrogen-bond donors (Lipinski definition) is 0. The van der Waals surface area contributed by atoms with E-state index in [1.807, 2.05) is 42.2 Å². The molecule has 2 rings (SSSR count). The molecule has 3 nitrogen and oxygen atoms in total. The van der Waals surface area contributed by atoms with Crippen molar-refractivity contribution in [2.75, 3.05) is 6.54 Å². The predicted octanol–water partition coefficient (Wildman–Crippen LogP) is 4.27. The Morgan fingerprint density at radius 3 is 2.30 bits per heavy atom. The van der Waals surface area contributed by atoms with Crippen LogP contribution >= 0.6 is 31.9 Å². The van der Waals surface area contributed by atoms with Gasteiger partial charge in [-0.15, -0.1) is 0 Å². The number of rotatable bonds is 4. The van der Waals surface area contributed by atoms with Crippen molar-refractivity contribution in [1.82, 2.24) is 9.88 Å². The van der Waals surface area contributed by atoms with Gasteiger partial charge < -0.3 is 4.90 Å². The van der Waals surface area contributed by atoms with E-state index in [4.69, 9.17) is 0 Å². The van der Waals surface area contributed by atoms with E-state index >= 15 is 0 Å². The molecule has 0 aliphatic carbocycles. The fraction of sp³-hybridized carbons (Fsp3) is 0.200. The van der Waals surface area contributed by atoms with Crippen LogP contribution in [0.1, 0.15) is 22.8 Å². The van der Waals surface area contributed by atoms with Crippen LogP contribution in [0.25, 0.3) is 0 Å². The first-order valence-corrected chi connectivity index (χ1v) is 7.83. The van der Waals surface area contributed by atoms with Crippen molar-refractivity contribution < 1.29 is 4.79 Å². The maximum atomic E-state index is 12.6. The molecule has 0 aliphatic rings. The molecule has 0 radical (unpaired) electrons. The van der Waals surface area contributed by atoms with Gasteiger partial charge in [0, 0.05) is 40.0 Å². The summed E-state index contributed by atoms with van der Waals surface area (Å²) in [6.45, 7) is 3.22. The molecule has 1 amide bonds. The number of hydrogen-bond acceptors (Lipinski definition) is 2. The highest BCUT2D eigenvalue weighted by atomic mass is 79.9. The fourth-order valence-corrected chi connectivity index (χ4v) is 3.19. The molecular formula is C15H14Br2N2O. The van der Waals surface area contributed by atoms with E-state index in [0.717, 1.165) is 14.5 Å². The molecule has 0 bridgehead atoms.